The molecular weight excluding hydrogens is 558 g/mol. The molecule has 5 aromatic rings. The number of thiophene rings is 1. The quantitative estimate of drug-likeness (QED) is 0.215. The molecule has 1 amide bonds. The maximum Gasteiger partial charge on any atom is 0.262 e. The van der Waals surface area contributed by atoms with Crippen molar-refractivity contribution in [2.45, 2.75) is 38.9 Å². The number of nitrogens with two attached hydrogens (primary N) is 1. The van der Waals surface area contributed by atoms with E-state index in [1.165, 1.54) is 11.3 Å². The molecule has 1 atom stereocenters. The molecule has 1 aliphatic rings. The number of ether oxygens (including phenoxy) is 2. The number of carbonyl (C=O) groups is 1. The largest absolute Gasteiger partial charge is 0.489 e. The van der Waals surface area contributed by atoms with Gasteiger partial charge in [0, 0.05) is 29.1 Å². The Morgan fingerprint density at radius 2 is 1.90 bits per heavy atom. The number of amides is 1. The summed E-state index contributed by atoms with van der Waals surface area (Å²) in [5.74, 6) is 0.476. The minimum absolute atomic E-state index is 0.121. The lowest BCUT2D eigenvalue weighted by Gasteiger charge is -2.25. The SMILES string of the molecule is Cc1ccc(-c2ccc3c(c2)ncn3-c2cc(OC(C)c3cccc(OC4CCNCC4)c3Cl)c(C(N)=O)s2)cn1. The van der Waals surface area contributed by atoms with E-state index in [4.69, 9.17) is 26.8 Å². The van der Waals surface area contributed by atoms with E-state index in [0.717, 1.165) is 64.3 Å². The predicted molar refractivity (Wildman–Crippen MR) is 162 cm³/mol. The number of nitrogens with zero attached hydrogens (tertiary/aromatic N) is 3. The summed E-state index contributed by atoms with van der Waals surface area (Å²) in [7, 11) is 0. The molecule has 2 aromatic carbocycles. The van der Waals surface area contributed by atoms with Crippen LogP contribution in [-0.4, -0.2) is 39.6 Å². The van der Waals surface area contributed by atoms with E-state index in [2.05, 4.69) is 15.3 Å². The highest BCUT2D eigenvalue weighted by atomic mass is 35.5. The Kier molecular flexibility index (Phi) is 7.66. The van der Waals surface area contributed by atoms with Crippen LogP contribution in [0.15, 0.2) is 67.1 Å². The lowest BCUT2D eigenvalue weighted by atomic mass is 10.1. The molecule has 6 rings (SSSR count). The molecule has 1 fully saturated rings. The number of imidazole rings is 1. The van der Waals surface area contributed by atoms with Crippen molar-refractivity contribution in [3.8, 4) is 27.6 Å². The van der Waals surface area contributed by atoms with E-state index < -0.39 is 12.0 Å². The number of hydrogen-bond acceptors (Lipinski definition) is 7. The summed E-state index contributed by atoms with van der Waals surface area (Å²) >= 11 is 8.04. The van der Waals surface area contributed by atoms with Crippen LogP contribution >= 0.6 is 22.9 Å². The summed E-state index contributed by atoms with van der Waals surface area (Å²) in [5.41, 5.74) is 11.3. The van der Waals surface area contributed by atoms with Crippen molar-refractivity contribution in [1.82, 2.24) is 19.9 Å². The number of rotatable bonds is 8. The maximum absolute atomic E-state index is 12.4. The molecule has 3 aromatic heterocycles. The van der Waals surface area contributed by atoms with Gasteiger partial charge >= 0.3 is 0 Å². The number of pyridine rings is 1. The number of hydrogen-bond donors (Lipinski definition) is 2. The van der Waals surface area contributed by atoms with E-state index in [9.17, 15) is 4.79 Å². The van der Waals surface area contributed by atoms with Crippen molar-refractivity contribution in [3.05, 3.63) is 88.3 Å². The Hall–Kier alpha value is -3.92. The molecule has 0 bridgehead atoms. The van der Waals surface area contributed by atoms with Crippen LogP contribution in [0.5, 0.6) is 11.5 Å². The minimum atomic E-state index is -0.559. The van der Waals surface area contributed by atoms with Gasteiger partial charge in [0.2, 0.25) is 0 Å². The molecule has 0 aliphatic carbocycles. The van der Waals surface area contributed by atoms with E-state index in [-0.39, 0.29) is 6.10 Å². The van der Waals surface area contributed by atoms with Crippen LogP contribution in [0.4, 0.5) is 0 Å². The van der Waals surface area contributed by atoms with Crippen molar-refractivity contribution in [3.63, 3.8) is 0 Å². The molecule has 8 nitrogen and oxygen atoms in total. The molecule has 1 saturated heterocycles. The van der Waals surface area contributed by atoms with Crippen LogP contribution in [0.3, 0.4) is 0 Å². The first-order valence-electron chi connectivity index (χ1n) is 13.5. The third kappa shape index (κ3) is 5.66. The Bertz CT molecular complexity index is 1710. The highest BCUT2D eigenvalue weighted by Gasteiger charge is 2.23. The first-order chi connectivity index (χ1) is 19.9. The molecule has 41 heavy (non-hydrogen) atoms. The lowest BCUT2D eigenvalue weighted by molar-refractivity contribution is 0.0998. The Balaban J connectivity index is 1.27. The molecule has 1 aliphatic heterocycles. The molecule has 1 unspecified atom stereocenters. The number of benzene rings is 2. The Labute approximate surface area is 247 Å². The van der Waals surface area contributed by atoms with E-state index >= 15 is 0 Å². The van der Waals surface area contributed by atoms with Crippen molar-refractivity contribution in [2.75, 3.05) is 13.1 Å². The second kappa shape index (κ2) is 11.5. The van der Waals surface area contributed by atoms with Gasteiger partial charge in [0.05, 0.1) is 16.1 Å². The van der Waals surface area contributed by atoms with Crippen molar-refractivity contribution in [1.29, 1.82) is 0 Å². The summed E-state index contributed by atoms with van der Waals surface area (Å²) in [6, 6.07) is 17.6. The summed E-state index contributed by atoms with van der Waals surface area (Å²) in [5, 5.41) is 4.62. The zero-order valence-corrected chi connectivity index (χ0v) is 24.3. The van der Waals surface area contributed by atoms with Crippen LogP contribution < -0.4 is 20.5 Å². The van der Waals surface area contributed by atoms with Gasteiger partial charge in [-0.1, -0.05) is 35.9 Å². The molecule has 0 radical (unpaired) electrons. The van der Waals surface area contributed by atoms with Crippen molar-refractivity contribution < 1.29 is 14.3 Å². The minimum Gasteiger partial charge on any atom is -0.489 e. The predicted octanol–water partition coefficient (Wildman–Crippen LogP) is 6.48. The topological polar surface area (TPSA) is 104 Å². The van der Waals surface area contributed by atoms with Crippen LogP contribution in [0.25, 0.3) is 27.2 Å². The summed E-state index contributed by atoms with van der Waals surface area (Å²) in [6.45, 7) is 5.71. The van der Waals surface area contributed by atoms with Crippen LogP contribution in [0.2, 0.25) is 5.02 Å². The highest BCUT2D eigenvalue weighted by Crippen LogP contribution is 2.39. The van der Waals surface area contributed by atoms with Gasteiger partial charge in [-0.15, -0.1) is 11.3 Å². The monoisotopic (exact) mass is 587 g/mol. The normalized spacial score (nSPS) is 14.7. The van der Waals surface area contributed by atoms with Gasteiger partial charge in [0.1, 0.15) is 39.9 Å². The Morgan fingerprint density at radius 1 is 1.10 bits per heavy atom. The average molecular weight is 588 g/mol. The molecular formula is C31H30ClN5O3S. The maximum atomic E-state index is 12.4. The molecule has 10 heteroatoms. The van der Waals surface area contributed by atoms with E-state index in [0.29, 0.717) is 21.4 Å². The van der Waals surface area contributed by atoms with Crippen molar-refractivity contribution in [2.24, 2.45) is 5.73 Å². The van der Waals surface area contributed by atoms with Gasteiger partial charge in [-0.05, 0) is 69.6 Å². The second-order valence-electron chi connectivity index (χ2n) is 10.1. The first-order valence-corrected chi connectivity index (χ1v) is 14.7. The molecule has 0 saturated carbocycles. The van der Waals surface area contributed by atoms with Crippen molar-refractivity contribution >= 4 is 39.9 Å². The second-order valence-corrected chi connectivity index (χ2v) is 11.5. The number of primary amides is 1. The fourth-order valence-corrected chi connectivity index (χ4v) is 6.28. The third-order valence-electron chi connectivity index (χ3n) is 7.25. The number of nitrogens with one attached hydrogen (secondary N) is 1. The third-order valence-corrected chi connectivity index (χ3v) is 8.79. The number of aryl methyl sites for hydroxylation is 1. The molecule has 0 spiro atoms. The zero-order chi connectivity index (χ0) is 28.5. The van der Waals surface area contributed by atoms with Gasteiger partial charge in [0.15, 0.2) is 0 Å². The fraction of sp³-hybridized carbons (Fsp3) is 0.258. The summed E-state index contributed by atoms with van der Waals surface area (Å²) < 4.78 is 14.5. The van der Waals surface area contributed by atoms with Crippen LogP contribution in [0, 0.1) is 6.92 Å². The summed E-state index contributed by atoms with van der Waals surface area (Å²) in [6.07, 6.45) is 5.13. The van der Waals surface area contributed by atoms with Gasteiger partial charge in [-0.25, -0.2) is 4.98 Å². The summed E-state index contributed by atoms with van der Waals surface area (Å²) in [4.78, 5) is 21.8. The number of halogens is 1. The lowest BCUT2D eigenvalue weighted by Crippen LogP contribution is -2.34. The van der Waals surface area contributed by atoms with Crippen LogP contribution in [0.1, 0.15) is 46.8 Å². The number of carbonyl (C=O) groups excluding carboxylic acids is 1. The first kappa shape index (κ1) is 27.3. The number of piperidine rings is 1. The van der Waals surface area contributed by atoms with E-state index in [1.807, 2.05) is 79.2 Å². The van der Waals surface area contributed by atoms with Gasteiger partial charge < -0.3 is 20.5 Å². The van der Waals surface area contributed by atoms with Gasteiger partial charge in [0.25, 0.3) is 5.91 Å². The molecule has 210 valence electrons. The fourth-order valence-electron chi connectivity index (χ4n) is 5.03. The van der Waals surface area contributed by atoms with Crippen LogP contribution in [-0.2, 0) is 0 Å². The molecule has 3 N–H and O–H groups in total. The number of fused-ring (bicyclic) bond motifs is 1. The van der Waals surface area contributed by atoms with E-state index in [1.54, 1.807) is 6.33 Å². The highest BCUT2D eigenvalue weighted by molar-refractivity contribution is 7.16. The van der Waals surface area contributed by atoms with Gasteiger partial charge in [-0.2, -0.15) is 0 Å². The smallest absolute Gasteiger partial charge is 0.262 e. The Morgan fingerprint density at radius 3 is 2.66 bits per heavy atom. The average Bonchev–Trinajstić information content (AvgIpc) is 3.59. The number of aromatic nitrogens is 3. The van der Waals surface area contributed by atoms with Gasteiger partial charge in [-0.3, -0.25) is 14.3 Å². The zero-order valence-electron chi connectivity index (χ0n) is 22.8. The molecule has 4 heterocycles. The standard InChI is InChI=1S/C31H30ClN5O3S/c1-18-6-7-21(16-35-18)20-8-9-25-24(14-20)36-17-37(25)28-15-27(30(41-28)31(33)38)39-19(2)23-4-3-5-26(29(23)32)40-22-10-12-34-13-11-22/h3-9,14-17,19,22,34H,10-13H2,1-2H3,(H2,33,38).